The number of hydrogen-bond donors (Lipinski definition) is 1. The van der Waals surface area contributed by atoms with Crippen LogP contribution in [0.15, 0.2) is 24.3 Å². The maximum absolute atomic E-state index is 13.1. The third-order valence-corrected chi connectivity index (χ3v) is 4.64. The van der Waals surface area contributed by atoms with Gasteiger partial charge in [0.1, 0.15) is 5.82 Å². The van der Waals surface area contributed by atoms with Gasteiger partial charge in [-0.15, -0.1) is 0 Å². The maximum atomic E-state index is 13.1. The minimum atomic E-state index is -0.811. The zero-order valence-electron chi connectivity index (χ0n) is 12.6. The minimum absolute atomic E-state index is 0.0795. The smallest absolute Gasteiger partial charge is 0.303 e. The molecular weight excluding hydrogens is 271 g/mol. The minimum Gasteiger partial charge on any atom is -0.481 e. The van der Waals surface area contributed by atoms with E-state index >= 15 is 0 Å². The molecule has 0 aliphatic carbocycles. The van der Waals surface area contributed by atoms with E-state index in [4.69, 9.17) is 4.74 Å². The van der Waals surface area contributed by atoms with Crippen LogP contribution in [0.5, 0.6) is 0 Å². The quantitative estimate of drug-likeness (QED) is 0.893. The average Bonchev–Trinajstić information content (AvgIpc) is 2.46. The first-order chi connectivity index (χ1) is 9.93. The van der Waals surface area contributed by atoms with Gasteiger partial charge in [0.15, 0.2) is 0 Å². The van der Waals surface area contributed by atoms with E-state index < -0.39 is 5.97 Å². The van der Waals surface area contributed by atoms with Crippen molar-refractivity contribution in [2.24, 2.45) is 5.92 Å². The molecule has 1 aromatic carbocycles. The molecule has 0 saturated carbocycles. The molecule has 21 heavy (non-hydrogen) atoms. The van der Waals surface area contributed by atoms with E-state index in [0.717, 1.165) is 24.8 Å². The van der Waals surface area contributed by atoms with Crippen molar-refractivity contribution in [1.29, 1.82) is 0 Å². The highest BCUT2D eigenvalue weighted by atomic mass is 19.1. The summed E-state index contributed by atoms with van der Waals surface area (Å²) in [6.45, 7) is 4.83. The molecule has 1 fully saturated rings. The van der Waals surface area contributed by atoms with Crippen molar-refractivity contribution >= 4 is 5.97 Å². The normalized spacial score (nSPS) is 27.3. The van der Waals surface area contributed by atoms with Crippen molar-refractivity contribution in [1.82, 2.24) is 0 Å². The van der Waals surface area contributed by atoms with Gasteiger partial charge >= 0.3 is 5.97 Å². The summed E-state index contributed by atoms with van der Waals surface area (Å²) in [5.74, 6) is -0.935. The highest BCUT2D eigenvalue weighted by Crippen LogP contribution is 2.41. The molecule has 0 amide bonds. The highest BCUT2D eigenvalue weighted by molar-refractivity contribution is 5.68. The lowest BCUT2D eigenvalue weighted by Crippen LogP contribution is -2.38. The second kappa shape index (κ2) is 6.56. The Morgan fingerprint density at radius 1 is 1.48 bits per heavy atom. The number of aliphatic carboxylic acids is 1. The summed E-state index contributed by atoms with van der Waals surface area (Å²) in [5, 5.41) is 9.21. The fraction of sp³-hybridized carbons (Fsp3) is 0.588. The van der Waals surface area contributed by atoms with Gasteiger partial charge < -0.3 is 9.84 Å². The van der Waals surface area contributed by atoms with Gasteiger partial charge in [-0.2, -0.15) is 0 Å². The molecule has 0 unspecified atom stereocenters. The van der Waals surface area contributed by atoms with Crippen molar-refractivity contribution in [3.05, 3.63) is 35.6 Å². The van der Waals surface area contributed by atoms with E-state index in [-0.39, 0.29) is 29.7 Å². The van der Waals surface area contributed by atoms with Crippen LogP contribution in [-0.4, -0.2) is 23.3 Å². The van der Waals surface area contributed by atoms with E-state index in [0.29, 0.717) is 6.61 Å². The molecule has 0 aromatic heterocycles. The molecular formula is C17H23FO3. The fourth-order valence-electron chi connectivity index (χ4n) is 3.22. The second-order valence-corrected chi connectivity index (χ2v) is 6.16. The van der Waals surface area contributed by atoms with Gasteiger partial charge in [0.25, 0.3) is 0 Å². The molecule has 1 aromatic rings. The van der Waals surface area contributed by atoms with Crippen LogP contribution in [0.3, 0.4) is 0 Å². The Labute approximate surface area is 125 Å². The maximum Gasteiger partial charge on any atom is 0.303 e. The average molecular weight is 294 g/mol. The summed E-state index contributed by atoms with van der Waals surface area (Å²) in [5.41, 5.74) is 0.726. The summed E-state index contributed by atoms with van der Waals surface area (Å²) in [4.78, 5) is 11.2. The van der Waals surface area contributed by atoms with Crippen molar-refractivity contribution < 1.29 is 19.0 Å². The lowest BCUT2D eigenvalue weighted by Gasteiger charge is -2.40. The number of carbonyl (C=O) groups is 1. The number of benzene rings is 1. The molecule has 1 saturated heterocycles. The Bertz CT molecular complexity index is 485. The molecule has 116 valence electrons. The lowest BCUT2D eigenvalue weighted by atomic mass is 9.74. The molecule has 2 rings (SSSR count). The third-order valence-electron chi connectivity index (χ3n) is 4.64. The van der Waals surface area contributed by atoms with Crippen LogP contribution in [0.4, 0.5) is 4.39 Å². The van der Waals surface area contributed by atoms with E-state index in [2.05, 4.69) is 13.8 Å². The molecule has 1 N–H and O–H groups in total. The summed E-state index contributed by atoms with van der Waals surface area (Å²) >= 11 is 0. The number of carboxylic acids is 1. The molecule has 3 nitrogen and oxygen atoms in total. The predicted octanol–water partition coefficient (Wildman–Crippen LogP) is 3.98. The second-order valence-electron chi connectivity index (χ2n) is 6.16. The molecule has 0 spiro atoms. The van der Waals surface area contributed by atoms with Crippen molar-refractivity contribution in [2.75, 3.05) is 6.61 Å². The first-order valence-corrected chi connectivity index (χ1v) is 7.55. The van der Waals surface area contributed by atoms with Crippen LogP contribution in [0.25, 0.3) is 0 Å². The largest absolute Gasteiger partial charge is 0.481 e. The molecule has 4 heteroatoms. The summed E-state index contributed by atoms with van der Waals surface area (Å²) in [6.07, 6.45) is 2.69. The molecule has 1 aliphatic heterocycles. The monoisotopic (exact) mass is 294 g/mol. The SMILES string of the molecule is CC[C@]1(C)C[C@H]([C@@H](CC(=O)O)c2ccc(F)cc2)CCO1. The van der Waals surface area contributed by atoms with Crippen molar-refractivity contribution in [3.63, 3.8) is 0 Å². The molecule has 1 aliphatic rings. The zero-order chi connectivity index (χ0) is 15.5. The number of hydrogen-bond acceptors (Lipinski definition) is 2. The first-order valence-electron chi connectivity index (χ1n) is 7.55. The van der Waals surface area contributed by atoms with E-state index in [1.54, 1.807) is 12.1 Å². The van der Waals surface area contributed by atoms with Gasteiger partial charge in [0.2, 0.25) is 0 Å². The number of carboxylic acid groups (broad SMARTS) is 1. The number of rotatable bonds is 5. The van der Waals surface area contributed by atoms with Crippen LogP contribution >= 0.6 is 0 Å². The van der Waals surface area contributed by atoms with Crippen LogP contribution in [0.1, 0.15) is 51.0 Å². The topological polar surface area (TPSA) is 46.5 Å². The van der Waals surface area contributed by atoms with Gasteiger partial charge in [-0.1, -0.05) is 19.1 Å². The third kappa shape index (κ3) is 4.03. The highest BCUT2D eigenvalue weighted by Gasteiger charge is 2.36. The van der Waals surface area contributed by atoms with E-state index in [1.807, 2.05) is 0 Å². The number of ether oxygens (including phenoxy) is 1. The zero-order valence-corrected chi connectivity index (χ0v) is 12.6. The van der Waals surface area contributed by atoms with Gasteiger partial charge in [-0.25, -0.2) is 4.39 Å². The van der Waals surface area contributed by atoms with Crippen molar-refractivity contribution in [2.45, 2.75) is 51.0 Å². The first kappa shape index (κ1) is 16.0. The Morgan fingerprint density at radius 3 is 2.71 bits per heavy atom. The molecule has 3 atom stereocenters. The van der Waals surface area contributed by atoms with Crippen LogP contribution in [-0.2, 0) is 9.53 Å². The standard InChI is InChI=1S/C17H23FO3/c1-3-17(2)11-13(8-9-21-17)15(10-16(19)20)12-4-6-14(18)7-5-12/h4-7,13,15H,3,8-11H2,1-2H3,(H,19,20)/t13-,15+,17-/m1/s1. The summed E-state index contributed by atoms with van der Waals surface area (Å²) in [6, 6.07) is 6.23. The Hall–Kier alpha value is -1.42. The predicted molar refractivity (Wildman–Crippen MR) is 78.8 cm³/mol. The number of halogens is 1. The van der Waals surface area contributed by atoms with Gasteiger partial charge in [-0.05, 0) is 55.7 Å². The van der Waals surface area contributed by atoms with Gasteiger partial charge in [-0.3, -0.25) is 4.79 Å². The fourth-order valence-corrected chi connectivity index (χ4v) is 3.22. The summed E-state index contributed by atoms with van der Waals surface area (Å²) < 4.78 is 18.9. The van der Waals surface area contributed by atoms with Gasteiger partial charge in [0.05, 0.1) is 12.0 Å². The summed E-state index contributed by atoms with van der Waals surface area (Å²) in [7, 11) is 0. The van der Waals surface area contributed by atoms with Crippen LogP contribution in [0.2, 0.25) is 0 Å². The van der Waals surface area contributed by atoms with Crippen LogP contribution in [0, 0.1) is 11.7 Å². The molecule has 0 radical (unpaired) electrons. The van der Waals surface area contributed by atoms with E-state index in [1.165, 1.54) is 12.1 Å². The molecule has 0 bridgehead atoms. The van der Waals surface area contributed by atoms with Crippen LogP contribution < -0.4 is 0 Å². The Kier molecular flexibility index (Phi) is 4.99. The molecule has 1 heterocycles. The van der Waals surface area contributed by atoms with E-state index in [9.17, 15) is 14.3 Å². The lowest BCUT2D eigenvalue weighted by molar-refractivity contribution is -0.139. The van der Waals surface area contributed by atoms with Gasteiger partial charge in [0, 0.05) is 6.61 Å². The Balaban J connectivity index is 2.23. The van der Waals surface area contributed by atoms with Crippen molar-refractivity contribution in [3.8, 4) is 0 Å². The Morgan fingerprint density at radius 2 is 2.14 bits per heavy atom.